The van der Waals surface area contributed by atoms with Crippen LogP contribution in [0.3, 0.4) is 0 Å². The maximum absolute atomic E-state index is 11.2. The van der Waals surface area contributed by atoms with Crippen LogP contribution in [0.15, 0.2) is 24.3 Å². The number of halogens is 1. The summed E-state index contributed by atoms with van der Waals surface area (Å²) in [7, 11) is 0. The molecule has 0 aliphatic rings. The van der Waals surface area contributed by atoms with E-state index in [-0.39, 0.29) is 23.1 Å². The van der Waals surface area contributed by atoms with Crippen molar-refractivity contribution in [3.63, 3.8) is 0 Å². The van der Waals surface area contributed by atoms with E-state index in [4.69, 9.17) is 11.6 Å². The first-order valence-corrected chi connectivity index (χ1v) is 7.36. The molecule has 7 heteroatoms. The lowest BCUT2D eigenvalue weighted by Crippen LogP contribution is -2.29. The number of benzene rings is 1. The van der Waals surface area contributed by atoms with E-state index in [2.05, 4.69) is 10.3 Å². The Balaban J connectivity index is 0.00000116. The first-order valence-electron chi connectivity index (χ1n) is 6.98. The zero-order valence-corrected chi connectivity index (χ0v) is 13.8. The van der Waals surface area contributed by atoms with Gasteiger partial charge in [-0.25, -0.2) is 4.98 Å². The van der Waals surface area contributed by atoms with Crippen molar-refractivity contribution >= 4 is 33.9 Å². The zero-order valence-electron chi connectivity index (χ0n) is 13.1. The Bertz CT molecular complexity index is 669. The Kier molecular flexibility index (Phi) is 6.08. The van der Waals surface area contributed by atoms with Crippen molar-refractivity contribution < 1.29 is 10.0 Å². The van der Waals surface area contributed by atoms with Crippen LogP contribution in [0.25, 0.3) is 10.9 Å². The first-order chi connectivity index (χ1) is 10.3. The molecule has 22 heavy (non-hydrogen) atoms. The molecule has 6 nitrogen and oxygen atoms in total. The average Bonchev–Trinajstić information content (AvgIpc) is 2.45. The monoisotopic (exact) mass is 325 g/mol. The van der Waals surface area contributed by atoms with Crippen LogP contribution in [0.2, 0.25) is 5.15 Å². The standard InChI is InChI=1S/C13H14ClN3O3.C2H6/c1-13(2,18)7-15-10-8-5-3-4-6-9(8)16-12(14)11(10)17(19)20;1-2/h3-6,18H,7H2,1-2H3,(H,15,16);1-2H3. The molecule has 1 aromatic heterocycles. The van der Waals surface area contributed by atoms with E-state index in [0.717, 1.165) is 0 Å². The number of aromatic nitrogens is 1. The van der Waals surface area contributed by atoms with E-state index < -0.39 is 10.5 Å². The topological polar surface area (TPSA) is 88.3 Å². The predicted molar refractivity (Wildman–Crippen MR) is 89.5 cm³/mol. The Morgan fingerprint density at radius 1 is 1.36 bits per heavy atom. The summed E-state index contributed by atoms with van der Waals surface area (Å²) >= 11 is 5.90. The van der Waals surface area contributed by atoms with Crippen molar-refractivity contribution in [2.75, 3.05) is 11.9 Å². The van der Waals surface area contributed by atoms with Crippen molar-refractivity contribution in [3.8, 4) is 0 Å². The lowest BCUT2D eigenvalue weighted by Gasteiger charge is -2.19. The zero-order chi connectivity index (χ0) is 16.9. The smallest absolute Gasteiger partial charge is 0.329 e. The predicted octanol–water partition coefficient (Wildman–Crippen LogP) is 4.01. The molecule has 2 rings (SSSR count). The van der Waals surface area contributed by atoms with Gasteiger partial charge in [0.15, 0.2) is 0 Å². The summed E-state index contributed by atoms with van der Waals surface area (Å²) in [6.07, 6.45) is 0. The fourth-order valence-corrected chi connectivity index (χ4v) is 2.08. The lowest BCUT2D eigenvalue weighted by atomic mass is 10.1. The van der Waals surface area contributed by atoms with Crippen molar-refractivity contribution in [1.29, 1.82) is 0 Å². The summed E-state index contributed by atoms with van der Waals surface area (Å²) in [4.78, 5) is 14.6. The van der Waals surface area contributed by atoms with Crippen LogP contribution in [0.4, 0.5) is 11.4 Å². The molecule has 0 saturated heterocycles. The number of para-hydroxylation sites is 1. The van der Waals surface area contributed by atoms with Crippen LogP contribution in [-0.4, -0.2) is 27.2 Å². The summed E-state index contributed by atoms with van der Waals surface area (Å²) in [5.74, 6) is 0. The van der Waals surface area contributed by atoms with Crippen LogP contribution >= 0.6 is 11.6 Å². The number of pyridine rings is 1. The summed E-state index contributed by atoms with van der Waals surface area (Å²) in [6, 6.07) is 6.98. The molecule has 1 aromatic carbocycles. The van der Waals surface area contributed by atoms with Crippen molar-refractivity contribution in [2.45, 2.75) is 33.3 Å². The largest absolute Gasteiger partial charge is 0.389 e. The van der Waals surface area contributed by atoms with Gasteiger partial charge in [0.1, 0.15) is 5.69 Å². The fraction of sp³-hybridized carbons (Fsp3) is 0.400. The highest BCUT2D eigenvalue weighted by atomic mass is 35.5. The second kappa shape index (κ2) is 7.38. The first kappa shape index (κ1) is 18.1. The van der Waals surface area contributed by atoms with Gasteiger partial charge in [-0.3, -0.25) is 10.1 Å². The molecule has 0 unspecified atom stereocenters. The van der Waals surface area contributed by atoms with Crippen molar-refractivity contribution in [1.82, 2.24) is 4.98 Å². The lowest BCUT2D eigenvalue weighted by molar-refractivity contribution is -0.384. The number of nitrogens with one attached hydrogen (secondary N) is 1. The minimum atomic E-state index is -1.01. The average molecular weight is 326 g/mol. The molecule has 0 aliphatic heterocycles. The number of hydrogen-bond donors (Lipinski definition) is 2. The van der Waals surface area contributed by atoms with Gasteiger partial charge in [0.25, 0.3) is 0 Å². The maximum atomic E-state index is 11.2. The third-order valence-electron chi connectivity index (χ3n) is 2.70. The third-order valence-corrected chi connectivity index (χ3v) is 2.97. The van der Waals surface area contributed by atoms with E-state index in [9.17, 15) is 15.2 Å². The number of anilines is 1. The highest BCUT2D eigenvalue weighted by molar-refractivity contribution is 6.33. The van der Waals surface area contributed by atoms with Crippen molar-refractivity contribution in [3.05, 3.63) is 39.5 Å². The van der Waals surface area contributed by atoms with Crippen LogP contribution in [0, 0.1) is 10.1 Å². The van der Waals surface area contributed by atoms with Gasteiger partial charge in [-0.1, -0.05) is 43.6 Å². The third kappa shape index (κ3) is 4.29. The molecule has 120 valence electrons. The quantitative estimate of drug-likeness (QED) is 0.504. The number of rotatable bonds is 4. The van der Waals surface area contributed by atoms with Gasteiger partial charge >= 0.3 is 5.69 Å². The molecular weight excluding hydrogens is 306 g/mol. The highest BCUT2D eigenvalue weighted by Crippen LogP contribution is 2.37. The molecule has 2 aromatic rings. The molecule has 0 fully saturated rings. The van der Waals surface area contributed by atoms with E-state index >= 15 is 0 Å². The normalized spacial score (nSPS) is 10.8. The van der Waals surface area contributed by atoms with E-state index in [1.165, 1.54) is 0 Å². The van der Waals surface area contributed by atoms with Gasteiger partial charge in [-0.15, -0.1) is 0 Å². The van der Waals surface area contributed by atoms with Crippen molar-refractivity contribution in [2.24, 2.45) is 0 Å². The second-order valence-corrected chi connectivity index (χ2v) is 5.42. The van der Waals surface area contributed by atoms with E-state index in [1.54, 1.807) is 38.1 Å². The van der Waals surface area contributed by atoms with Crippen LogP contribution in [0.1, 0.15) is 27.7 Å². The van der Waals surface area contributed by atoms with Crippen LogP contribution in [0.5, 0.6) is 0 Å². The Hall–Kier alpha value is -1.92. The highest BCUT2D eigenvalue weighted by Gasteiger charge is 2.25. The summed E-state index contributed by atoms with van der Waals surface area (Å²) in [5.41, 5.74) is -0.464. The molecule has 0 amide bonds. The Labute approximate surface area is 134 Å². The van der Waals surface area contributed by atoms with Gasteiger partial charge in [-0.2, -0.15) is 0 Å². The van der Waals surface area contributed by atoms with Gasteiger partial charge in [0.2, 0.25) is 5.15 Å². The number of aliphatic hydroxyl groups is 1. The Morgan fingerprint density at radius 2 is 1.95 bits per heavy atom. The molecule has 0 radical (unpaired) electrons. The molecule has 0 spiro atoms. The maximum Gasteiger partial charge on any atom is 0.329 e. The number of nitrogens with zero attached hydrogens (tertiary/aromatic N) is 2. The number of hydrogen-bond acceptors (Lipinski definition) is 5. The molecule has 0 aliphatic carbocycles. The van der Waals surface area contributed by atoms with Gasteiger partial charge in [0.05, 0.1) is 16.0 Å². The van der Waals surface area contributed by atoms with Crippen LogP contribution in [-0.2, 0) is 0 Å². The van der Waals surface area contributed by atoms with E-state index in [1.807, 2.05) is 13.8 Å². The minimum absolute atomic E-state index is 0.151. The van der Waals surface area contributed by atoms with Gasteiger partial charge in [0, 0.05) is 11.9 Å². The second-order valence-electron chi connectivity index (χ2n) is 5.07. The summed E-state index contributed by atoms with van der Waals surface area (Å²) in [5, 5.41) is 24.3. The number of fused-ring (bicyclic) bond motifs is 1. The van der Waals surface area contributed by atoms with E-state index in [0.29, 0.717) is 10.9 Å². The summed E-state index contributed by atoms with van der Waals surface area (Å²) in [6.45, 7) is 7.37. The van der Waals surface area contributed by atoms with Gasteiger partial charge in [-0.05, 0) is 19.9 Å². The molecule has 2 N–H and O–H groups in total. The molecule has 0 atom stereocenters. The van der Waals surface area contributed by atoms with Gasteiger partial charge < -0.3 is 10.4 Å². The SMILES string of the molecule is CC.CC(C)(O)CNc1c([N+](=O)[O-])c(Cl)nc2ccccc12. The number of nitro groups is 1. The minimum Gasteiger partial charge on any atom is -0.389 e. The molecular formula is C15H20ClN3O3. The molecule has 1 heterocycles. The summed E-state index contributed by atoms with van der Waals surface area (Å²) < 4.78 is 0. The Morgan fingerprint density at radius 3 is 2.50 bits per heavy atom. The molecule has 0 saturated carbocycles. The molecule has 0 bridgehead atoms. The fourth-order valence-electron chi connectivity index (χ4n) is 1.82. The van der Waals surface area contributed by atoms with Crippen LogP contribution < -0.4 is 5.32 Å².